The Morgan fingerprint density at radius 1 is 1.17 bits per heavy atom. The molecule has 0 spiro atoms. The predicted molar refractivity (Wildman–Crippen MR) is 71.7 cm³/mol. The van der Waals surface area contributed by atoms with Crippen molar-refractivity contribution < 1.29 is 4.42 Å². The van der Waals surface area contributed by atoms with Crippen molar-refractivity contribution in [3.05, 3.63) is 11.7 Å². The zero-order valence-corrected chi connectivity index (χ0v) is 11.4. The third-order valence-corrected chi connectivity index (χ3v) is 2.95. The molecule has 0 aliphatic carbocycles. The standard InChI is InChI=1S/C13H20N4O/c1-5-7-10(6-2)17-12-11-13(15-8(3)14-12)18-9(4)16-11/h10H,5-7H2,1-4H3,(H,14,15,17). The van der Waals surface area contributed by atoms with Crippen molar-refractivity contribution in [2.75, 3.05) is 5.32 Å². The normalized spacial score (nSPS) is 12.9. The van der Waals surface area contributed by atoms with E-state index in [0.717, 1.165) is 30.6 Å². The maximum absolute atomic E-state index is 5.46. The summed E-state index contributed by atoms with van der Waals surface area (Å²) in [7, 11) is 0. The number of hydrogen-bond donors (Lipinski definition) is 1. The van der Waals surface area contributed by atoms with E-state index < -0.39 is 0 Å². The molecule has 1 N–H and O–H groups in total. The zero-order chi connectivity index (χ0) is 13.1. The van der Waals surface area contributed by atoms with Gasteiger partial charge >= 0.3 is 0 Å². The second-order valence-corrected chi connectivity index (χ2v) is 4.54. The number of fused-ring (bicyclic) bond motifs is 1. The van der Waals surface area contributed by atoms with Crippen LogP contribution in [0.5, 0.6) is 0 Å². The molecule has 2 rings (SSSR count). The fraction of sp³-hybridized carbons (Fsp3) is 0.615. The van der Waals surface area contributed by atoms with Gasteiger partial charge in [0.25, 0.3) is 5.71 Å². The molecule has 0 aromatic carbocycles. The molecule has 1 atom stereocenters. The first kappa shape index (κ1) is 12.8. The summed E-state index contributed by atoms with van der Waals surface area (Å²) in [4.78, 5) is 13.0. The minimum Gasteiger partial charge on any atom is -0.422 e. The number of anilines is 1. The summed E-state index contributed by atoms with van der Waals surface area (Å²) < 4.78 is 5.46. The summed E-state index contributed by atoms with van der Waals surface area (Å²) in [6.45, 7) is 8.05. The summed E-state index contributed by atoms with van der Waals surface area (Å²) in [5.74, 6) is 2.11. The van der Waals surface area contributed by atoms with Crippen LogP contribution in [0.25, 0.3) is 11.2 Å². The summed E-state index contributed by atoms with van der Waals surface area (Å²) in [6, 6.07) is 0.421. The lowest BCUT2D eigenvalue weighted by molar-refractivity contribution is 0.550. The molecule has 0 aliphatic rings. The van der Waals surface area contributed by atoms with Crippen molar-refractivity contribution in [3.63, 3.8) is 0 Å². The third-order valence-electron chi connectivity index (χ3n) is 2.95. The monoisotopic (exact) mass is 248 g/mol. The highest BCUT2D eigenvalue weighted by Gasteiger charge is 2.14. The maximum Gasteiger partial charge on any atom is 0.252 e. The first-order valence-corrected chi connectivity index (χ1v) is 6.52. The molecule has 2 aromatic rings. The molecule has 0 fully saturated rings. The van der Waals surface area contributed by atoms with Crippen molar-refractivity contribution in [1.82, 2.24) is 15.0 Å². The highest BCUT2D eigenvalue weighted by atomic mass is 16.4. The number of nitrogens with zero attached hydrogens (tertiary/aromatic N) is 3. The smallest absolute Gasteiger partial charge is 0.252 e. The molecule has 0 aliphatic heterocycles. The Morgan fingerprint density at radius 2 is 1.94 bits per heavy atom. The largest absolute Gasteiger partial charge is 0.422 e. The molecule has 18 heavy (non-hydrogen) atoms. The molecule has 5 nitrogen and oxygen atoms in total. The molecule has 0 bridgehead atoms. The van der Waals surface area contributed by atoms with Crippen LogP contribution in [0.15, 0.2) is 4.42 Å². The lowest BCUT2D eigenvalue weighted by Gasteiger charge is -2.16. The van der Waals surface area contributed by atoms with Crippen molar-refractivity contribution in [1.29, 1.82) is 0 Å². The molecule has 2 heterocycles. The number of rotatable bonds is 5. The van der Waals surface area contributed by atoms with E-state index >= 15 is 0 Å². The van der Waals surface area contributed by atoms with Gasteiger partial charge in [-0.15, -0.1) is 0 Å². The van der Waals surface area contributed by atoms with Crippen molar-refractivity contribution in [3.8, 4) is 0 Å². The van der Waals surface area contributed by atoms with Crippen LogP contribution < -0.4 is 5.32 Å². The molecule has 0 amide bonds. The average molecular weight is 248 g/mol. The number of nitrogens with one attached hydrogen (secondary N) is 1. The van der Waals surface area contributed by atoms with E-state index in [4.69, 9.17) is 4.42 Å². The SMILES string of the molecule is CCCC(CC)Nc1nc(C)nc2oc(C)nc12. The molecule has 98 valence electrons. The van der Waals surface area contributed by atoms with Gasteiger partial charge in [-0.2, -0.15) is 4.98 Å². The number of hydrogen-bond acceptors (Lipinski definition) is 5. The zero-order valence-electron chi connectivity index (χ0n) is 11.4. The first-order chi connectivity index (χ1) is 8.63. The Balaban J connectivity index is 2.36. The van der Waals surface area contributed by atoms with Crippen LogP contribution in [0.1, 0.15) is 44.8 Å². The van der Waals surface area contributed by atoms with Gasteiger partial charge in [0.2, 0.25) is 0 Å². The van der Waals surface area contributed by atoms with Gasteiger partial charge < -0.3 is 9.73 Å². The molecule has 5 heteroatoms. The number of oxazole rings is 1. The number of aryl methyl sites for hydroxylation is 2. The lowest BCUT2D eigenvalue weighted by atomic mass is 10.1. The van der Waals surface area contributed by atoms with Crippen LogP contribution in [0.4, 0.5) is 5.82 Å². The maximum atomic E-state index is 5.46. The minimum atomic E-state index is 0.421. The van der Waals surface area contributed by atoms with Crippen LogP contribution in [0, 0.1) is 13.8 Å². The molecular formula is C13H20N4O. The van der Waals surface area contributed by atoms with Crippen LogP contribution >= 0.6 is 0 Å². The summed E-state index contributed by atoms with van der Waals surface area (Å²) in [5.41, 5.74) is 1.29. The van der Waals surface area contributed by atoms with Crippen LogP contribution in [0.2, 0.25) is 0 Å². The highest BCUT2D eigenvalue weighted by Crippen LogP contribution is 2.22. The van der Waals surface area contributed by atoms with E-state index in [1.165, 1.54) is 0 Å². The first-order valence-electron chi connectivity index (χ1n) is 6.52. The van der Waals surface area contributed by atoms with Gasteiger partial charge in [-0.25, -0.2) is 9.97 Å². The summed E-state index contributed by atoms with van der Waals surface area (Å²) >= 11 is 0. The summed E-state index contributed by atoms with van der Waals surface area (Å²) in [6.07, 6.45) is 3.34. The second kappa shape index (κ2) is 5.33. The van der Waals surface area contributed by atoms with E-state index in [9.17, 15) is 0 Å². The van der Waals surface area contributed by atoms with Gasteiger partial charge in [-0.3, -0.25) is 0 Å². The fourth-order valence-corrected chi connectivity index (χ4v) is 2.05. The van der Waals surface area contributed by atoms with E-state index in [1.54, 1.807) is 0 Å². The van der Waals surface area contributed by atoms with Gasteiger partial charge in [-0.1, -0.05) is 20.3 Å². The van der Waals surface area contributed by atoms with E-state index in [-0.39, 0.29) is 0 Å². The van der Waals surface area contributed by atoms with Crippen LogP contribution in [-0.2, 0) is 0 Å². The molecule has 0 radical (unpaired) electrons. The van der Waals surface area contributed by atoms with E-state index in [1.807, 2.05) is 13.8 Å². The Labute approximate surface area is 107 Å². The van der Waals surface area contributed by atoms with Gasteiger partial charge in [0, 0.05) is 13.0 Å². The minimum absolute atomic E-state index is 0.421. The molecular weight excluding hydrogens is 228 g/mol. The van der Waals surface area contributed by atoms with Gasteiger partial charge in [-0.05, 0) is 19.8 Å². The quantitative estimate of drug-likeness (QED) is 0.880. The van der Waals surface area contributed by atoms with Crippen molar-refractivity contribution >= 4 is 17.0 Å². The highest BCUT2D eigenvalue weighted by molar-refractivity contribution is 5.81. The molecule has 0 saturated carbocycles. The van der Waals surface area contributed by atoms with E-state index in [0.29, 0.717) is 23.5 Å². The molecule has 1 unspecified atom stereocenters. The average Bonchev–Trinajstić information content (AvgIpc) is 2.68. The van der Waals surface area contributed by atoms with Gasteiger partial charge in [0.05, 0.1) is 0 Å². The fourth-order valence-electron chi connectivity index (χ4n) is 2.05. The van der Waals surface area contributed by atoms with E-state index in [2.05, 4.69) is 34.1 Å². The topological polar surface area (TPSA) is 63.8 Å². The summed E-state index contributed by atoms with van der Waals surface area (Å²) in [5, 5.41) is 3.45. The van der Waals surface area contributed by atoms with Gasteiger partial charge in [0.1, 0.15) is 5.82 Å². The Morgan fingerprint density at radius 3 is 2.61 bits per heavy atom. The van der Waals surface area contributed by atoms with Crippen molar-refractivity contribution in [2.24, 2.45) is 0 Å². The molecule has 2 aromatic heterocycles. The second-order valence-electron chi connectivity index (χ2n) is 4.54. The van der Waals surface area contributed by atoms with Crippen LogP contribution in [-0.4, -0.2) is 21.0 Å². The van der Waals surface area contributed by atoms with Gasteiger partial charge in [0.15, 0.2) is 17.2 Å². The lowest BCUT2D eigenvalue weighted by Crippen LogP contribution is -2.19. The Kier molecular flexibility index (Phi) is 3.79. The molecule has 0 saturated heterocycles. The van der Waals surface area contributed by atoms with Crippen molar-refractivity contribution in [2.45, 2.75) is 53.0 Å². The predicted octanol–water partition coefficient (Wildman–Crippen LogP) is 3.23. The number of aromatic nitrogens is 3. The Hall–Kier alpha value is -1.65. The third kappa shape index (κ3) is 2.60. The van der Waals surface area contributed by atoms with Crippen LogP contribution in [0.3, 0.4) is 0 Å². The Bertz CT molecular complexity index is 535.